The monoisotopic (exact) mass is 330 g/mol. The van der Waals surface area contributed by atoms with E-state index in [0.29, 0.717) is 16.5 Å². The van der Waals surface area contributed by atoms with E-state index in [1.54, 1.807) is 29.8 Å². The van der Waals surface area contributed by atoms with Crippen LogP contribution in [0.3, 0.4) is 0 Å². The molecule has 1 N–H and O–H groups in total. The average Bonchev–Trinajstić information content (AvgIpc) is 3.18. The topological polar surface area (TPSA) is 67.4 Å². The van der Waals surface area contributed by atoms with Gasteiger partial charge in [0.25, 0.3) is 11.1 Å². The zero-order chi connectivity index (χ0) is 15.6. The zero-order valence-corrected chi connectivity index (χ0v) is 13.5. The van der Waals surface area contributed by atoms with Gasteiger partial charge in [-0.3, -0.25) is 4.79 Å². The quantitative estimate of drug-likeness (QED) is 0.930. The van der Waals surface area contributed by atoms with Gasteiger partial charge in [-0.25, -0.2) is 0 Å². The van der Waals surface area contributed by atoms with Crippen LogP contribution in [0.15, 0.2) is 29.8 Å². The number of hydrogen-bond donors (Lipinski definition) is 1. The van der Waals surface area contributed by atoms with Gasteiger partial charge in [-0.2, -0.15) is 0 Å². The fourth-order valence-electron chi connectivity index (χ4n) is 3.42. The van der Waals surface area contributed by atoms with E-state index in [1.165, 1.54) is 30.8 Å². The van der Waals surface area contributed by atoms with Gasteiger partial charge in [-0.05, 0) is 49.6 Å². The van der Waals surface area contributed by atoms with Crippen molar-refractivity contribution in [3.05, 3.63) is 35.3 Å². The summed E-state index contributed by atoms with van der Waals surface area (Å²) in [6, 6.07) is 7.39. The number of fused-ring (bicyclic) bond motifs is 2. The molecule has 120 valence electrons. The van der Waals surface area contributed by atoms with E-state index in [2.05, 4.69) is 20.4 Å². The van der Waals surface area contributed by atoms with Crippen LogP contribution in [-0.4, -0.2) is 46.7 Å². The molecular formula is C16H18N4O2S. The average molecular weight is 330 g/mol. The van der Waals surface area contributed by atoms with Crippen LogP contribution in [0.2, 0.25) is 0 Å². The van der Waals surface area contributed by atoms with E-state index in [1.807, 2.05) is 0 Å². The second-order valence-electron chi connectivity index (χ2n) is 6.15. The van der Waals surface area contributed by atoms with E-state index in [9.17, 15) is 4.79 Å². The van der Waals surface area contributed by atoms with Crippen molar-refractivity contribution in [2.24, 2.45) is 5.92 Å². The normalized spacial score (nSPS) is 26.0. The predicted octanol–water partition coefficient (Wildman–Crippen LogP) is 2.15. The molecule has 23 heavy (non-hydrogen) atoms. The number of carbonyl (C=O) groups is 1. The Labute approximate surface area is 138 Å². The van der Waals surface area contributed by atoms with E-state index >= 15 is 0 Å². The van der Waals surface area contributed by atoms with Crippen molar-refractivity contribution in [1.29, 1.82) is 0 Å². The molecule has 2 fully saturated rings. The summed E-state index contributed by atoms with van der Waals surface area (Å²) in [6.07, 6.45) is 2.37. The Balaban J connectivity index is 1.36. The van der Waals surface area contributed by atoms with Crippen LogP contribution in [0.1, 0.15) is 23.2 Å². The fourth-order valence-corrected chi connectivity index (χ4v) is 3.84. The number of benzene rings is 1. The lowest BCUT2D eigenvalue weighted by atomic mass is 9.96. The number of aromatic nitrogens is 2. The molecule has 1 aromatic heterocycles. The number of carbonyl (C=O) groups excluding carboxylic acids is 1. The SMILES string of the molecule is O=C(N[C@@H]1C[C@H]2CCN(C2)C1)c1ccc(Oc2nncs2)cc1. The van der Waals surface area contributed by atoms with Gasteiger partial charge < -0.3 is 15.0 Å². The van der Waals surface area contributed by atoms with E-state index in [-0.39, 0.29) is 11.9 Å². The van der Waals surface area contributed by atoms with Crippen LogP contribution >= 0.6 is 11.3 Å². The Morgan fingerprint density at radius 1 is 1.30 bits per heavy atom. The van der Waals surface area contributed by atoms with Crippen LogP contribution < -0.4 is 10.1 Å². The molecule has 0 aliphatic carbocycles. The number of ether oxygens (including phenoxy) is 1. The Hall–Kier alpha value is -1.99. The first-order chi connectivity index (χ1) is 11.3. The molecule has 1 amide bonds. The summed E-state index contributed by atoms with van der Waals surface area (Å²) in [7, 11) is 0. The van der Waals surface area contributed by atoms with Gasteiger partial charge in [-0.1, -0.05) is 16.4 Å². The van der Waals surface area contributed by atoms with Gasteiger partial charge in [0.1, 0.15) is 11.3 Å². The Morgan fingerprint density at radius 2 is 2.17 bits per heavy atom. The minimum Gasteiger partial charge on any atom is -0.430 e. The highest BCUT2D eigenvalue weighted by Crippen LogP contribution is 2.27. The van der Waals surface area contributed by atoms with Crippen LogP contribution in [0, 0.1) is 5.92 Å². The lowest BCUT2D eigenvalue weighted by Crippen LogP contribution is -2.46. The highest BCUT2D eigenvalue weighted by molar-refractivity contribution is 7.11. The molecule has 2 aliphatic rings. The molecule has 7 heteroatoms. The second kappa shape index (κ2) is 6.25. The second-order valence-corrected chi connectivity index (χ2v) is 6.95. The first kappa shape index (κ1) is 14.6. The Kier molecular flexibility index (Phi) is 3.97. The van der Waals surface area contributed by atoms with Crippen molar-refractivity contribution >= 4 is 17.2 Å². The fraction of sp³-hybridized carbons (Fsp3) is 0.438. The third-order valence-corrected chi connectivity index (χ3v) is 5.03. The van der Waals surface area contributed by atoms with Crippen molar-refractivity contribution in [1.82, 2.24) is 20.4 Å². The van der Waals surface area contributed by atoms with Crippen LogP contribution in [-0.2, 0) is 0 Å². The van der Waals surface area contributed by atoms with Crippen molar-refractivity contribution in [3.63, 3.8) is 0 Å². The lowest BCUT2D eigenvalue weighted by molar-refractivity contribution is 0.0909. The molecule has 2 aliphatic heterocycles. The van der Waals surface area contributed by atoms with Crippen molar-refractivity contribution < 1.29 is 9.53 Å². The van der Waals surface area contributed by atoms with Crippen molar-refractivity contribution in [3.8, 4) is 10.9 Å². The highest BCUT2D eigenvalue weighted by atomic mass is 32.1. The van der Waals surface area contributed by atoms with Crippen molar-refractivity contribution in [2.75, 3.05) is 19.6 Å². The van der Waals surface area contributed by atoms with Gasteiger partial charge in [0.15, 0.2) is 0 Å². The standard InChI is InChI=1S/C16H18N4O2S/c21-15(18-13-7-11-5-6-20(8-11)9-13)12-1-3-14(4-2-12)22-16-19-17-10-23-16/h1-4,10-11,13H,5-9H2,(H,18,21)/t11-,13-/m1/s1. The maximum atomic E-state index is 12.4. The van der Waals surface area contributed by atoms with Gasteiger partial charge >= 0.3 is 0 Å². The first-order valence-electron chi connectivity index (χ1n) is 7.83. The highest BCUT2D eigenvalue weighted by Gasteiger charge is 2.32. The smallest absolute Gasteiger partial charge is 0.299 e. The lowest BCUT2D eigenvalue weighted by Gasteiger charge is -2.30. The molecule has 1 aromatic carbocycles. The van der Waals surface area contributed by atoms with E-state index in [4.69, 9.17) is 4.74 Å². The summed E-state index contributed by atoms with van der Waals surface area (Å²) in [5.41, 5.74) is 2.27. The number of nitrogens with one attached hydrogen (secondary N) is 1. The number of nitrogens with zero attached hydrogens (tertiary/aromatic N) is 3. The third kappa shape index (κ3) is 3.35. The molecule has 3 atom stereocenters. The minimum absolute atomic E-state index is 0.0139. The number of piperidine rings is 1. The summed E-state index contributed by atoms with van der Waals surface area (Å²) < 4.78 is 5.55. The molecule has 0 spiro atoms. The van der Waals surface area contributed by atoms with Crippen LogP contribution in [0.5, 0.6) is 10.9 Å². The third-order valence-electron chi connectivity index (χ3n) is 4.46. The molecular weight excluding hydrogens is 312 g/mol. The molecule has 3 heterocycles. The van der Waals surface area contributed by atoms with Crippen LogP contribution in [0.25, 0.3) is 0 Å². The van der Waals surface area contributed by atoms with Gasteiger partial charge in [0.2, 0.25) is 0 Å². The molecule has 1 unspecified atom stereocenters. The van der Waals surface area contributed by atoms with Gasteiger partial charge in [-0.15, -0.1) is 5.10 Å². The molecule has 0 saturated carbocycles. The number of amides is 1. The van der Waals surface area contributed by atoms with Crippen molar-refractivity contribution in [2.45, 2.75) is 18.9 Å². The first-order valence-corrected chi connectivity index (χ1v) is 8.71. The minimum atomic E-state index is -0.0139. The summed E-state index contributed by atoms with van der Waals surface area (Å²) in [5, 5.41) is 11.2. The van der Waals surface area contributed by atoms with Gasteiger partial charge in [0.05, 0.1) is 0 Å². The molecule has 2 bridgehead atoms. The zero-order valence-electron chi connectivity index (χ0n) is 12.6. The van der Waals surface area contributed by atoms with E-state index < -0.39 is 0 Å². The summed E-state index contributed by atoms with van der Waals surface area (Å²) in [5.74, 6) is 1.39. The number of rotatable bonds is 4. The summed E-state index contributed by atoms with van der Waals surface area (Å²) in [4.78, 5) is 14.8. The molecule has 2 aromatic rings. The summed E-state index contributed by atoms with van der Waals surface area (Å²) in [6.45, 7) is 3.35. The van der Waals surface area contributed by atoms with E-state index in [0.717, 1.165) is 18.9 Å². The molecule has 4 rings (SSSR count). The molecule has 6 nitrogen and oxygen atoms in total. The Morgan fingerprint density at radius 3 is 2.91 bits per heavy atom. The van der Waals surface area contributed by atoms with Gasteiger partial charge in [0, 0.05) is 24.7 Å². The maximum Gasteiger partial charge on any atom is 0.299 e. The largest absolute Gasteiger partial charge is 0.430 e. The Bertz CT molecular complexity index is 662. The number of hydrogen-bond acceptors (Lipinski definition) is 6. The molecule has 2 saturated heterocycles. The molecule has 0 radical (unpaired) electrons. The predicted molar refractivity (Wildman–Crippen MR) is 86.8 cm³/mol. The summed E-state index contributed by atoms with van der Waals surface area (Å²) >= 11 is 1.33. The maximum absolute atomic E-state index is 12.4. The van der Waals surface area contributed by atoms with Crippen LogP contribution in [0.4, 0.5) is 0 Å².